The topological polar surface area (TPSA) is 57.5 Å². The lowest BCUT2D eigenvalue weighted by atomic mass is 9.68. The molecule has 0 spiro atoms. The molecule has 1 rings (SSSR count). The van der Waals surface area contributed by atoms with E-state index in [1.807, 2.05) is 0 Å². The van der Waals surface area contributed by atoms with Gasteiger partial charge in [0.2, 0.25) is 0 Å². The molecule has 3 heteroatoms. The third-order valence-corrected chi connectivity index (χ3v) is 4.14. The number of carboxylic acids is 1. The average molecular weight is 242 g/mol. The van der Waals surface area contributed by atoms with Gasteiger partial charge in [-0.05, 0) is 42.9 Å². The van der Waals surface area contributed by atoms with Crippen molar-refractivity contribution >= 4 is 5.97 Å². The number of aliphatic hydroxyl groups excluding tert-OH is 1. The number of rotatable bonds is 5. The number of hydrogen-bond acceptors (Lipinski definition) is 2. The Labute approximate surface area is 104 Å². The first-order valence-corrected chi connectivity index (χ1v) is 6.80. The van der Waals surface area contributed by atoms with Gasteiger partial charge in [0.15, 0.2) is 0 Å². The first kappa shape index (κ1) is 14.5. The highest BCUT2D eigenvalue weighted by Gasteiger charge is 2.32. The van der Waals surface area contributed by atoms with Crippen LogP contribution < -0.4 is 0 Å². The molecule has 3 nitrogen and oxygen atoms in total. The molecule has 0 amide bonds. The molecule has 0 radical (unpaired) electrons. The Morgan fingerprint density at radius 1 is 1.35 bits per heavy atom. The third-order valence-electron chi connectivity index (χ3n) is 4.14. The summed E-state index contributed by atoms with van der Waals surface area (Å²) in [4.78, 5) is 10.6. The molecule has 0 aromatic rings. The Bertz CT molecular complexity index is 250. The summed E-state index contributed by atoms with van der Waals surface area (Å²) in [6.45, 7) is 6.72. The lowest BCUT2D eigenvalue weighted by Gasteiger charge is -2.38. The van der Waals surface area contributed by atoms with Gasteiger partial charge in [0.1, 0.15) is 0 Å². The molecule has 100 valence electrons. The third kappa shape index (κ3) is 4.66. The fraction of sp³-hybridized carbons (Fsp3) is 0.929. The minimum atomic E-state index is -0.901. The van der Waals surface area contributed by atoms with E-state index in [0.717, 1.165) is 6.42 Å². The molecule has 4 unspecified atom stereocenters. The van der Waals surface area contributed by atoms with Crippen molar-refractivity contribution in [2.24, 2.45) is 23.7 Å². The highest BCUT2D eigenvalue weighted by Crippen LogP contribution is 2.40. The van der Waals surface area contributed by atoms with Crippen LogP contribution in [-0.2, 0) is 4.79 Å². The second-order valence-corrected chi connectivity index (χ2v) is 6.07. The second kappa shape index (κ2) is 6.39. The zero-order chi connectivity index (χ0) is 13.0. The Kier molecular flexibility index (Phi) is 5.44. The molecule has 2 N–H and O–H groups in total. The van der Waals surface area contributed by atoms with Crippen LogP contribution in [0.4, 0.5) is 0 Å². The molecule has 1 fully saturated rings. The maximum atomic E-state index is 10.6. The van der Waals surface area contributed by atoms with Crippen LogP contribution in [0.2, 0.25) is 0 Å². The van der Waals surface area contributed by atoms with Gasteiger partial charge in [-0.25, -0.2) is 0 Å². The minimum Gasteiger partial charge on any atom is -0.481 e. The molecule has 0 heterocycles. The summed E-state index contributed by atoms with van der Waals surface area (Å²) >= 11 is 0. The van der Waals surface area contributed by atoms with Crippen molar-refractivity contribution in [3.05, 3.63) is 0 Å². The van der Waals surface area contributed by atoms with E-state index in [-0.39, 0.29) is 6.42 Å². The number of carbonyl (C=O) groups is 1. The molecular weight excluding hydrogens is 216 g/mol. The maximum absolute atomic E-state index is 10.6. The van der Waals surface area contributed by atoms with E-state index in [1.165, 1.54) is 12.8 Å². The van der Waals surface area contributed by atoms with Crippen molar-refractivity contribution < 1.29 is 15.0 Å². The van der Waals surface area contributed by atoms with Crippen LogP contribution in [-0.4, -0.2) is 22.3 Å². The van der Waals surface area contributed by atoms with Crippen LogP contribution in [0.1, 0.15) is 52.9 Å². The standard InChI is InChI=1S/C14H26O3/c1-9(2)13-5-4-10(3)6-11(13)7-12(15)8-14(16)17/h9-13,15H,4-8H2,1-3H3,(H,16,17). The predicted molar refractivity (Wildman–Crippen MR) is 67.7 cm³/mol. The van der Waals surface area contributed by atoms with Gasteiger partial charge in [-0.1, -0.05) is 27.2 Å². The lowest BCUT2D eigenvalue weighted by Crippen LogP contribution is -2.31. The molecule has 0 aliphatic heterocycles. The van der Waals surface area contributed by atoms with E-state index in [2.05, 4.69) is 20.8 Å². The van der Waals surface area contributed by atoms with Gasteiger partial charge in [-0.2, -0.15) is 0 Å². The minimum absolute atomic E-state index is 0.115. The van der Waals surface area contributed by atoms with Crippen molar-refractivity contribution in [2.75, 3.05) is 0 Å². The van der Waals surface area contributed by atoms with Crippen LogP contribution in [0.5, 0.6) is 0 Å². The molecule has 1 saturated carbocycles. The van der Waals surface area contributed by atoms with Crippen LogP contribution in [0.15, 0.2) is 0 Å². The zero-order valence-electron chi connectivity index (χ0n) is 11.2. The second-order valence-electron chi connectivity index (χ2n) is 6.07. The van der Waals surface area contributed by atoms with Gasteiger partial charge in [-0.3, -0.25) is 4.79 Å². The Hall–Kier alpha value is -0.570. The van der Waals surface area contributed by atoms with Gasteiger partial charge >= 0.3 is 5.97 Å². The average Bonchev–Trinajstić information content (AvgIpc) is 2.15. The molecule has 0 aromatic heterocycles. The first-order valence-electron chi connectivity index (χ1n) is 6.80. The normalized spacial score (nSPS) is 31.5. The largest absolute Gasteiger partial charge is 0.481 e. The van der Waals surface area contributed by atoms with Gasteiger partial charge in [0.25, 0.3) is 0 Å². The molecular formula is C14H26O3. The summed E-state index contributed by atoms with van der Waals surface area (Å²) in [7, 11) is 0. The SMILES string of the molecule is CC1CCC(C(C)C)C(CC(O)CC(=O)O)C1. The van der Waals surface area contributed by atoms with Crippen LogP contribution in [0.25, 0.3) is 0 Å². The molecule has 0 saturated heterocycles. The van der Waals surface area contributed by atoms with E-state index < -0.39 is 12.1 Å². The molecule has 1 aliphatic rings. The first-order chi connectivity index (χ1) is 7.90. The lowest BCUT2D eigenvalue weighted by molar-refractivity contribution is -0.139. The van der Waals surface area contributed by atoms with Gasteiger partial charge in [-0.15, -0.1) is 0 Å². The maximum Gasteiger partial charge on any atom is 0.305 e. The molecule has 4 atom stereocenters. The van der Waals surface area contributed by atoms with E-state index in [4.69, 9.17) is 5.11 Å². The summed E-state index contributed by atoms with van der Waals surface area (Å²) in [5.74, 6) is 1.58. The monoisotopic (exact) mass is 242 g/mol. The van der Waals surface area contributed by atoms with E-state index in [0.29, 0.717) is 30.1 Å². The fourth-order valence-corrected chi connectivity index (χ4v) is 3.31. The summed E-state index contributed by atoms with van der Waals surface area (Å²) in [5.41, 5.74) is 0. The fourth-order valence-electron chi connectivity index (χ4n) is 3.31. The van der Waals surface area contributed by atoms with Crippen molar-refractivity contribution in [3.63, 3.8) is 0 Å². The molecule has 1 aliphatic carbocycles. The summed E-state index contributed by atoms with van der Waals surface area (Å²) in [5, 5.41) is 18.5. The van der Waals surface area contributed by atoms with Crippen LogP contribution in [0.3, 0.4) is 0 Å². The van der Waals surface area contributed by atoms with Crippen molar-refractivity contribution in [1.82, 2.24) is 0 Å². The van der Waals surface area contributed by atoms with E-state index >= 15 is 0 Å². The van der Waals surface area contributed by atoms with Gasteiger partial charge < -0.3 is 10.2 Å². The van der Waals surface area contributed by atoms with Crippen molar-refractivity contribution in [2.45, 2.75) is 59.0 Å². The van der Waals surface area contributed by atoms with Crippen LogP contribution >= 0.6 is 0 Å². The van der Waals surface area contributed by atoms with Crippen molar-refractivity contribution in [3.8, 4) is 0 Å². The number of aliphatic hydroxyl groups is 1. The van der Waals surface area contributed by atoms with E-state index in [9.17, 15) is 9.90 Å². The number of aliphatic carboxylic acids is 1. The summed E-state index contributed by atoms with van der Waals surface area (Å²) in [6.07, 6.45) is 3.50. The quantitative estimate of drug-likeness (QED) is 0.779. The van der Waals surface area contributed by atoms with E-state index in [1.54, 1.807) is 0 Å². The number of hydrogen-bond donors (Lipinski definition) is 2. The Morgan fingerprint density at radius 2 is 2.00 bits per heavy atom. The highest BCUT2D eigenvalue weighted by atomic mass is 16.4. The molecule has 0 aromatic carbocycles. The van der Waals surface area contributed by atoms with Gasteiger partial charge in [0, 0.05) is 0 Å². The smallest absolute Gasteiger partial charge is 0.305 e. The van der Waals surface area contributed by atoms with Crippen molar-refractivity contribution in [1.29, 1.82) is 0 Å². The number of carboxylic acid groups (broad SMARTS) is 1. The van der Waals surface area contributed by atoms with Crippen LogP contribution in [0, 0.1) is 23.7 Å². The molecule has 0 bridgehead atoms. The zero-order valence-corrected chi connectivity index (χ0v) is 11.2. The Balaban J connectivity index is 2.54. The van der Waals surface area contributed by atoms with Gasteiger partial charge in [0.05, 0.1) is 12.5 Å². The predicted octanol–water partition coefficient (Wildman–Crippen LogP) is 2.92. The summed E-state index contributed by atoms with van der Waals surface area (Å²) in [6, 6.07) is 0. The molecule has 17 heavy (non-hydrogen) atoms. The highest BCUT2D eigenvalue weighted by molar-refractivity contribution is 5.67. The summed E-state index contributed by atoms with van der Waals surface area (Å²) < 4.78 is 0. The Morgan fingerprint density at radius 3 is 2.53 bits per heavy atom.